The van der Waals surface area contributed by atoms with Crippen LogP contribution >= 0.6 is 23.7 Å². The number of nitrogens with zero attached hydrogens (tertiary/aromatic N) is 1. The van der Waals surface area contributed by atoms with Gasteiger partial charge in [0.1, 0.15) is 0 Å². The monoisotopic (exact) mass is 317 g/mol. The molecule has 1 aromatic rings. The molecule has 2 N–H and O–H groups in total. The van der Waals surface area contributed by atoms with Gasteiger partial charge in [-0.25, -0.2) is 0 Å². The second-order valence-corrected chi connectivity index (χ2v) is 6.17. The summed E-state index contributed by atoms with van der Waals surface area (Å²) in [6.07, 6.45) is 2.38. The van der Waals surface area contributed by atoms with Crippen molar-refractivity contribution in [3.05, 3.63) is 21.9 Å². The number of thiophene rings is 1. The minimum Gasteiger partial charge on any atom is -0.350 e. The van der Waals surface area contributed by atoms with Crippen molar-refractivity contribution in [2.75, 3.05) is 26.7 Å². The first-order valence-electron chi connectivity index (χ1n) is 6.88. The minimum atomic E-state index is 0. The maximum Gasteiger partial charge on any atom is 0.234 e. The predicted molar refractivity (Wildman–Crippen MR) is 86.7 cm³/mol. The van der Waals surface area contributed by atoms with Crippen molar-refractivity contribution in [1.82, 2.24) is 15.5 Å². The lowest BCUT2D eigenvalue weighted by Crippen LogP contribution is -2.47. The van der Waals surface area contributed by atoms with E-state index in [1.54, 1.807) is 11.3 Å². The first kappa shape index (κ1) is 17.4. The summed E-state index contributed by atoms with van der Waals surface area (Å²) in [4.78, 5) is 15.4. The van der Waals surface area contributed by atoms with Gasteiger partial charge < -0.3 is 10.6 Å². The Hall–Kier alpha value is -0.620. The van der Waals surface area contributed by atoms with Crippen molar-refractivity contribution < 1.29 is 4.79 Å². The third-order valence-corrected chi connectivity index (χ3v) is 4.72. The summed E-state index contributed by atoms with van der Waals surface area (Å²) in [6, 6.07) is 2.62. The molecule has 6 heteroatoms. The summed E-state index contributed by atoms with van der Waals surface area (Å²) in [5, 5.41) is 8.38. The lowest BCUT2D eigenvalue weighted by atomic mass is 10.1. The third kappa shape index (κ3) is 5.05. The first-order valence-corrected chi connectivity index (χ1v) is 7.76. The van der Waals surface area contributed by atoms with Crippen LogP contribution in [0.3, 0.4) is 0 Å². The van der Waals surface area contributed by atoms with E-state index in [2.05, 4.69) is 33.9 Å². The Morgan fingerprint density at radius 2 is 2.35 bits per heavy atom. The lowest BCUT2D eigenvalue weighted by Gasteiger charge is -2.31. The maximum atomic E-state index is 11.9. The van der Waals surface area contributed by atoms with Gasteiger partial charge in [-0.3, -0.25) is 9.69 Å². The number of carbonyl (C=O) groups excluding carboxylic acids is 1. The summed E-state index contributed by atoms with van der Waals surface area (Å²) in [6.45, 7) is 5.26. The fourth-order valence-electron chi connectivity index (χ4n) is 2.46. The SMILES string of the molecule is CNC1CCCN(CC(=O)NCc2sccc2C)C1.Cl. The van der Waals surface area contributed by atoms with Crippen LogP contribution in [0.15, 0.2) is 11.4 Å². The standard InChI is InChI=1S/C14H23N3OS.ClH/c1-11-5-7-19-13(11)8-16-14(18)10-17-6-3-4-12(9-17)15-2;/h5,7,12,15H,3-4,6,8-10H2,1-2H3,(H,16,18);1H. The van der Waals surface area contributed by atoms with Gasteiger partial charge >= 0.3 is 0 Å². The number of hydrogen-bond acceptors (Lipinski definition) is 4. The van der Waals surface area contributed by atoms with Gasteiger partial charge in [0.25, 0.3) is 0 Å². The molecule has 20 heavy (non-hydrogen) atoms. The molecule has 114 valence electrons. The molecule has 0 radical (unpaired) electrons. The number of carbonyl (C=O) groups is 1. The second-order valence-electron chi connectivity index (χ2n) is 5.17. The Balaban J connectivity index is 0.00000200. The van der Waals surface area contributed by atoms with E-state index in [0.29, 0.717) is 19.1 Å². The highest BCUT2D eigenvalue weighted by Gasteiger charge is 2.20. The molecule has 1 atom stereocenters. The van der Waals surface area contributed by atoms with Gasteiger partial charge in [-0.2, -0.15) is 0 Å². The van der Waals surface area contributed by atoms with Gasteiger partial charge in [0.2, 0.25) is 5.91 Å². The van der Waals surface area contributed by atoms with E-state index in [1.807, 2.05) is 7.05 Å². The predicted octanol–water partition coefficient (Wildman–Crippen LogP) is 1.78. The molecule has 0 aliphatic carbocycles. The number of nitrogens with one attached hydrogen (secondary N) is 2. The number of piperidine rings is 1. The van der Waals surface area contributed by atoms with Crippen molar-refractivity contribution in [3.8, 4) is 0 Å². The molecular formula is C14H24ClN3OS. The van der Waals surface area contributed by atoms with E-state index < -0.39 is 0 Å². The molecule has 1 aliphatic rings. The van der Waals surface area contributed by atoms with Crippen molar-refractivity contribution in [2.24, 2.45) is 0 Å². The highest BCUT2D eigenvalue weighted by Crippen LogP contribution is 2.15. The Morgan fingerprint density at radius 3 is 3.00 bits per heavy atom. The van der Waals surface area contributed by atoms with E-state index >= 15 is 0 Å². The van der Waals surface area contributed by atoms with Crippen LogP contribution in [0, 0.1) is 6.92 Å². The van der Waals surface area contributed by atoms with Crippen molar-refractivity contribution in [3.63, 3.8) is 0 Å². The molecule has 1 unspecified atom stereocenters. The average Bonchev–Trinajstić information content (AvgIpc) is 2.82. The van der Waals surface area contributed by atoms with Crippen LogP contribution in [0.2, 0.25) is 0 Å². The van der Waals surface area contributed by atoms with E-state index in [4.69, 9.17) is 0 Å². The summed E-state index contributed by atoms with van der Waals surface area (Å²) in [7, 11) is 1.99. The fourth-order valence-corrected chi connectivity index (χ4v) is 3.30. The maximum absolute atomic E-state index is 11.9. The number of hydrogen-bond donors (Lipinski definition) is 2. The largest absolute Gasteiger partial charge is 0.350 e. The Morgan fingerprint density at radius 1 is 1.55 bits per heavy atom. The lowest BCUT2D eigenvalue weighted by molar-refractivity contribution is -0.122. The number of aryl methyl sites for hydroxylation is 1. The molecule has 1 amide bonds. The van der Waals surface area contributed by atoms with Gasteiger partial charge in [-0.15, -0.1) is 23.7 Å². The number of halogens is 1. The number of likely N-dealkylation sites (N-methyl/N-ethyl adjacent to an activating group) is 1. The zero-order valence-corrected chi connectivity index (χ0v) is 13.8. The molecule has 0 spiro atoms. The van der Waals surface area contributed by atoms with Crippen molar-refractivity contribution >= 4 is 29.7 Å². The van der Waals surface area contributed by atoms with Gasteiger partial charge in [-0.05, 0) is 50.4 Å². The Bertz CT molecular complexity index is 424. The van der Waals surface area contributed by atoms with Gasteiger partial charge in [0, 0.05) is 17.5 Å². The summed E-state index contributed by atoms with van der Waals surface area (Å²) >= 11 is 1.70. The zero-order chi connectivity index (χ0) is 13.7. The van der Waals surface area contributed by atoms with E-state index in [1.165, 1.54) is 23.3 Å². The van der Waals surface area contributed by atoms with Crippen LogP contribution in [-0.4, -0.2) is 43.5 Å². The quantitative estimate of drug-likeness (QED) is 0.870. The van der Waals surface area contributed by atoms with Crippen LogP contribution in [0.5, 0.6) is 0 Å². The van der Waals surface area contributed by atoms with Crippen molar-refractivity contribution in [2.45, 2.75) is 32.4 Å². The molecule has 4 nitrogen and oxygen atoms in total. The molecule has 2 heterocycles. The molecule has 0 aromatic carbocycles. The summed E-state index contributed by atoms with van der Waals surface area (Å²) in [5.74, 6) is 0.129. The van der Waals surface area contributed by atoms with E-state index in [0.717, 1.165) is 13.1 Å². The summed E-state index contributed by atoms with van der Waals surface area (Å²) in [5.41, 5.74) is 1.26. The molecule has 1 fully saturated rings. The highest BCUT2D eigenvalue weighted by atomic mass is 35.5. The third-order valence-electron chi connectivity index (χ3n) is 3.70. The van der Waals surface area contributed by atoms with E-state index in [-0.39, 0.29) is 18.3 Å². The Labute approximate surface area is 131 Å². The smallest absolute Gasteiger partial charge is 0.234 e. The average molecular weight is 318 g/mol. The molecule has 1 saturated heterocycles. The Kier molecular flexibility index (Phi) is 7.51. The molecule has 1 aliphatic heterocycles. The molecule has 0 saturated carbocycles. The first-order chi connectivity index (χ1) is 9.19. The zero-order valence-electron chi connectivity index (χ0n) is 12.1. The highest BCUT2D eigenvalue weighted by molar-refractivity contribution is 7.10. The van der Waals surface area contributed by atoms with E-state index in [9.17, 15) is 4.79 Å². The molecule has 1 aromatic heterocycles. The van der Waals surface area contributed by atoms with Crippen LogP contribution < -0.4 is 10.6 Å². The summed E-state index contributed by atoms with van der Waals surface area (Å²) < 4.78 is 0. The van der Waals surface area contributed by atoms with Crippen molar-refractivity contribution in [1.29, 1.82) is 0 Å². The van der Waals surface area contributed by atoms with Gasteiger partial charge in [0.05, 0.1) is 13.1 Å². The van der Waals surface area contributed by atoms with Crippen LogP contribution in [0.4, 0.5) is 0 Å². The van der Waals surface area contributed by atoms with Gasteiger partial charge in [0.15, 0.2) is 0 Å². The fraction of sp³-hybridized carbons (Fsp3) is 0.643. The minimum absolute atomic E-state index is 0. The molecular weight excluding hydrogens is 294 g/mol. The number of rotatable bonds is 5. The number of likely N-dealkylation sites (tertiary alicyclic amines) is 1. The molecule has 0 bridgehead atoms. The topological polar surface area (TPSA) is 44.4 Å². The van der Waals surface area contributed by atoms with Crippen LogP contribution in [-0.2, 0) is 11.3 Å². The van der Waals surface area contributed by atoms with Crippen LogP contribution in [0.25, 0.3) is 0 Å². The number of amides is 1. The van der Waals surface area contributed by atoms with Gasteiger partial charge in [-0.1, -0.05) is 0 Å². The molecule has 2 rings (SSSR count). The normalized spacial score (nSPS) is 19.4. The van der Waals surface area contributed by atoms with Crippen LogP contribution in [0.1, 0.15) is 23.3 Å². The second kappa shape index (κ2) is 8.62.